The normalized spacial score (nSPS) is 11.0. The first-order valence-corrected chi connectivity index (χ1v) is 6.73. The smallest absolute Gasteiger partial charge is 0.187 e. The molecular formula is C15H8Cl3FO. The minimum absolute atomic E-state index is 0.0683. The van der Waals surface area contributed by atoms with Crippen LogP contribution in [0, 0.1) is 5.82 Å². The summed E-state index contributed by atoms with van der Waals surface area (Å²) in [5.74, 6) is -1.08. The average molecular weight is 330 g/mol. The summed E-state index contributed by atoms with van der Waals surface area (Å²) in [7, 11) is 0. The maximum atomic E-state index is 13.3. The first kappa shape index (κ1) is 15.0. The van der Waals surface area contributed by atoms with Crippen molar-refractivity contribution >= 4 is 46.7 Å². The van der Waals surface area contributed by atoms with Crippen molar-refractivity contribution in [2.75, 3.05) is 0 Å². The molecule has 0 N–H and O–H groups in total. The molecule has 2 aromatic carbocycles. The van der Waals surface area contributed by atoms with Gasteiger partial charge in [0.05, 0.1) is 10.0 Å². The Labute approximate surface area is 130 Å². The molecule has 0 spiro atoms. The van der Waals surface area contributed by atoms with E-state index in [1.165, 1.54) is 12.1 Å². The van der Waals surface area contributed by atoms with E-state index >= 15 is 0 Å². The Bertz CT molecular complexity index is 678. The fourth-order valence-electron chi connectivity index (χ4n) is 1.55. The lowest BCUT2D eigenvalue weighted by molar-refractivity contribution is 0.104. The van der Waals surface area contributed by atoms with Crippen LogP contribution >= 0.6 is 34.8 Å². The monoisotopic (exact) mass is 328 g/mol. The predicted molar refractivity (Wildman–Crippen MR) is 81.2 cm³/mol. The Morgan fingerprint density at radius 2 is 1.65 bits per heavy atom. The molecule has 0 unspecified atom stereocenters. The molecule has 0 saturated carbocycles. The second-order valence-electron chi connectivity index (χ2n) is 4.00. The lowest BCUT2D eigenvalue weighted by Gasteiger charge is -2.02. The number of allylic oxidation sites excluding steroid dienone is 1. The van der Waals surface area contributed by atoms with Crippen LogP contribution in [-0.2, 0) is 0 Å². The molecule has 0 aromatic heterocycles. The molecular weight excluding hydrogens is 322 g/mol. The fraction of sp³-hybridized carbons (Fsp3) is 0. The zero-order valence-corrected chi connectivity index (χ0v) is 12.3. The first-order valence-electron chi connectivity index (χ1n) is 5.60. The van der Waals surface area contributed by atoms with Gasteiger partial charge in [0.15, 0.2) is 5.78 Å². The van der Waals surface area contributed by atoms with E-state index in [1.54, 1.807) is 30.3 Å². The number of hydrogen-bond acceptors (Lipinski definition) is 1. The first-order chi connectivity index (χ1) is 9.47. The standard InChI is InChI=1S/C15H8Cl3FO/c16-10-4-1-9(2-5-10)3-6-15(20)11-7-14(19)13(18)8-12(11)17/h1-8H/b6-3+. The Balaban J connectivity index is 2.24. The molecule has 0 aliphatic carbocycles. The van der Waals surface area contributed by atoms with Gasteiger partial charge in [-0.2, -0.15) is 0 Å². The number of ketones is 1. The molecule has 0 aliphatic rings. The van der Waals surface area contributed by atoms with Crippen LogP contribution in [0.4, 0.5) is 4.39 Å². The van der Waals surface area contributed by atoms with Crippen molar-refractivity contribution in [3.8, 4) is 0 Å². The average Bonchev–Trinajstić information content (AvgIpc) is 2.42. The molecule has 1 nitrogen and oxygen atoms in total. The van der Waals surface area contributed by atoms with Gasteiger partial charge >= 0.3 is 0 Å². The van der Waals surface area contributed by atoms with Crippen LogP contribution in [-0.4, -0.2) is 5.78 Å². The third-order valence-electron chi connectivity index (χ3n) is 2.57. The number of carbonyl (C=O) groups is 1. The predicted octanol–water partition coefficient (Wildman–Crippen LogP) is 5.68. The summed E-state index contributed by atoms with van der Waals surface area (Å²) in [4.78, 5) is 12.0. The lowest BCUT2D eigenvalue weighted by atomic mass is 10.1. The van der Waals surface area contributed by atoms with Gasteiger partial charge in [0.1, 0.15) is 5.82 Å². The summed E-state index contributed by atoms with van der Waals surface area (Å²) in [5.41, 5.74) is 0.868. The van der Waals surface area contributed by atoms with E-state index in [0.717, 1.165) is 11.6 Å². The van der Waals surface area contributed by atoms with E-state index in [0.29, 0.717) is 5.02 Å². The van der Waals surface area contributed by atoms with Crippen LogP contribution < -0.4 is 0 Å². The Kier molecular flexibility index (Phi) is 4.81. The third-order valence-corrected chi connectivity index (χ3v) is 3.43. The van der Waals surface area contributed by atoms with Gasteiger partial charge in [0.2, 0.25) is 0 Å². The molecule has 5 heteroatoms. The second-order valence-corrected chi connectivity index (χ2v) is 5.25. The van der Waals surface area contributed by atoms with Crippen molar-refractivity contribution in [1.29, 1.82) is 0 Å². The largest absolute Gasteiger partial charge is 0.289 e. The number of carbonyl (C=O) groups excluding carboxylic acids is 1. The van der Waals surface area contributed by atoms with Gasteiger partial charge in [0.25, 0.3) is 0 Å². The molecule has 2 rings (SSSR count). The van der Waals surface area contributed by atoms with Gasteiger partial charge in [-0.15, -0.1) is 0 Å². The van der Waals surface area contributed by atoms with Gasteiger partial charge in [0, 0.05) is 10.6 Å². The molecule has 0 fully saturated rings. The van der Waals surface area contributed by atoms with Crippen LogP contribution in [0.5, 0.6) is 0 Å². The molecule has 0 heterocycles. The third kappa shape index (κ3) is 3.60. The molecule has 102 valence electrons. The van der Waals surface area contributed by atoms with Crippen molar-refractivity contribution < 1.29 is 9.18 Å². The number of rotatable bonds is 3. The van der Waals surface area contributed by atoms with E-state index in [-0.39, 0.29) is 15.6 Å². The molecule has 0 amide bonds. The highest BCUT2D eigenvalue weighted by Crippen LogP contribution is 2.25. The van der Waals surface area contributed by atoms with Gasteiger partial charge in [-0.25, -0.2) is 4.39 Å². The van der Waals surface area contributed by atoms with Crippen molar-refractivity contribution in [1.82, 2.24) is 0 Å². The Hall–Kier alpha value is -1.35. The van der Waals surface area contributed by atoms with Crippen molar-refractivity contribution in [2.45, 2.75) is 0 Å². The summed E-state index contributed by atoms with van der Waals surface area (Å²) in [6.07, 6.45) is 2.92. The molecule has 20 heavy (non-hydrogen) atoms. The highest BCUT2D eigenvalue weighted by Gasteiger charge is 2.11. The maximum absolute atomic E-state index is 13.3. The molecule has 0 bridgehead atoms. The Morgan fingerprint density at radius 3 is 2.30 bits per heavy atom. The van der Waals surface area contributed by atoms with Crippen LogP contribution in [0.15, 0.2) is 42.5 Å². The van der Waals surface area contributed by atoms with Crippen molar-refractivity contribution in [3.63, 3.8) is 0 Å². The van der Waals surface area contributed by atoms with Crippen molar-refractivity contribution in [3.05, 3.63) is 74.5 Å². The van der Waals surface area contributed by atoms with Crippen LogP contribution in [0.2, 0.25) is 15.1 Å². The quantitative estimate of drug-likeness (QED) is 0.402. The van der Waals surface area contributed by atoms with E-state index in [9.17, 15) is 9.18 Å². The Morgan fingerprint density at radius 1 is 1.00 bits per heavy atom. The van der Waals surface area contributed by atoms with Gasteiger partial charge in [-0.1, -0.05) is 53.0 Å². The molecule has 0 radical (unpaired) electrons. The van der Waals surface area contributed by atoms with Crippen molar-refractivity contribution in [2.24, 2.45) is 0 Å². The van der Waals surface area contributed by atoms with E-state index < -0.39 is 11.6 Å². The minimum Gasteiger partial charge on any atom is -0.289 e. The minimum atomic E-state index is -0.681. The van der Waals surface area contributed by atoms with Crippen LogP contribution in [0.1, 0.15) is 15.9 Å². The van der Waals surface area contributed by atoms with Gasteiger partial charge < -0.3 is 0 Å². The number of halogens is 4. The van der Waals surface area contributed by atoms with E-state index in [1.807, 2.05) is 0 Å². The van der Waals surface area contributed by atoms with Gasteiger partial charge in [-0.3, -0.25) is 4.79 Å². The molecule has 2 aromatic rings. The summed E-state index contributed by atoms with van der Waals surface area (Å²) in [5, 5.41) is 0.603. The van der Waals surface area contributed by atoms with Crippen LogP contribution in [0.25, 0.3) is 6.08 Å². The van der Waals surface area contributed by atoms with E-state index in [2.05, 4.69) is 0 Å². The number of benzene rings is 2. The number of hydrogen-bond donors (Lipinski definition) is 0. The van der Waals surface area contributed by atoms with Crippen LogP contribution in [0.3, 0.4) is 0 Å². The summed E-state index contributed by atoms with van der Waals surface area (Å²) in [6.45, 7) is 0. The molecule has 0 aliphatic heterocycles. The second kappa shape index (κ2) is 6.40. The highest BCUT2D eigenvalue weighted by atomic mass is 35.5. The molecule has 0 atom stereocenters. The summed E-state index contributed by atoms with van der Waals surface area (Å²) >= 11 is 17.2. The molecule has 0 saturated heterocycles. The van der Waals surface area contributed by atoms with E-state index in [4.69, 9.17) is 34.8 Å². The zero-order valence-electron chi connectivity index (χ0n) is 10.0. The summed E-state index contributed by atoms with van der Waals surface area (Å²) < 4.78 is 13.3. The highest BCUT2D eigenvalue weighted by molar-refractivity contribution is 6.37. The topological polar surface area (TPSA) is 17.1 Å². The summed E-state index contributed by atoms with van der Waals surface area (Å²) in [6, 6.07) is 9.18. The fourth-order valence-corrected chi connectivity index (χ4v) is 2.15. The van der Waals surface area contributed by atoms with Gasteiger partial charge in [-0.05, 0) is 35.9 Å². The zero-order chi connectivity index (χ0) is 14.7. The SMILES string of the molecule is O=C(/C=C/c1ccc(Cl)cc1)c1cc(F)c(Cl)cc1Cl. The maximum Gasteiger partial charge on any atom is 0.187 e. The lowest BCUT2D eigenvalue weighted by Crippen LogP contribution is -1.97.